The van der Waals surface area contributed by atoms with Crippen molar-refractivity contribution in [2.75, 3.05) is 44.3 Å². The van der Waals surface area contributed by atoms with Crippen molar-refractivity contribution >= 4 is 23.6 Å². The van der Waals surface area contributed by atoms with Gasteiger partial charge in [0.15, 0.2) is 0 Å². The molecule has 1 atom stereocenters. The van der Waals surface area contributed by atoms with Crippen molar-refractivity contribution in [3.63, 3.8) is 0 Å². The van der Waals surface area contributed by atoms with Gasteiger partial charge in [0.05, 0.1) is 24.8 Å². The van der Waals surface area contributed by atoms with Crippen molar-refractivity contribution < 1.29 is 27.5 Å². The van der Waals surface area contributed by atoms with Crippen LogP contribution in [-0.2, 0) is 20.5 Å². The number of anilines is 1. The highest BCUT2D eigenvalue weighted by atomic mass is 19.4. The highest BCUT2D eigenvalue weighted by molar-refractivity contribution is 5.95. The summed E-state index contributed by atoms with van der Waals surface area (Å²) in [7, 11) is 0. The van der Waals surface area contributed by atoms with E-state index in [2.05, 4.69) is 10.2 Å². The molecule has 2 fully saturated rings. The minimum atomic E-state index is -4.39. The zero-order valence-corrected chi connectivity index (χ0v) is 19.3. The monoisotopic (exact) mass is 487 g/mol. The number of carbonyl (C=O) groups excluding carboxylic acids is 2. The first-order valence-electron chi connectivity index (χ1n) is 11.7. The molecule has 4 rings (SSSR count). The van der Waals surface area contributed by atoms with Gasteiger partial charge in [-0.25, -0.2) is 0 Å². The maximum absolute atomic E-state index is 13.0. The Morgan fingerprint density at radius 1 is 1.03 bits per heavy atom. The molecule has 6 nitrogen and oxygen atoms in total. The fraction of sp³-hybridized carbons (Fsp3) is 0.385. The molecule has 35 heavy (non-hydrogen) atoms. The fourth-order valence-electron chi connectivity index (χ4n) is 4.36. The second-order valence-electron chi connectivity index (χ2n) is 8.60. The Labute approximate surface area is 202 Å². The molecule has 2 aliphatic rings. The summed E-state index contributed by atoms with van der Waals surface area (Å²) in [4.78, 5) is 28.2. The number of morpholine rings is 1. The van der Waals surface area contributed by atoms with Crippen molar-refractivity contribution in [1.29, 1.82) is 0 Å². The van der Waals surface area contributed by atoms with Crippen LogP contribution in [0.15, 0.2) is 54.6 Å². The Morgan fingerprint density at radius 3 is 2.31 bits per heavy atom. The second kappa shape index (κ2) is 11.0. The molecule has 2 heterocycles. The number of alkyl halides is 3. The summed E-state index contributed by atoms with van der Waals surface area (Å²) in [6.45, 7) is 3.30. The van der Waals surface area contributed by atoms with Gasteiger partial charge in [-0.1, -0.05) is 24.3 Å². The van der Waals surface area contributed by atoms with Crippen LogP contribution in [0.1, 0.15) is 35.6 Å². The lowest BCUT2D eigenvalue weighted by Gasteiger charge is -2.35. The van der Waals surface area contributed by atoms with E-state index in [1.165, 1.54) is 18.2 Å². The van der Waals surface area contributed by atoms with Gasteiger partial charge < -0.3 is 15.0 Å². The molecular weight excluding hydrogens is 459 g/mol. The van der Waals surface area contributed by atoms with E-state index in [0.717, 1.165) is 36.3 Å². The van der Waals surface area contributed by atoms with Crippen LogP contribution in [0.3, 0.4) is 0 Å². The fourth-order valence-corrected chi connectivity index (χ4v) is 4.36. The van der Waals surface area contributed by atoms with Crippen molar-refractivity contribution in [3.05, 3.63) is 71.3 Å². The summed E-state index contributed by atoms with van der Waals surface area (Å²) in [5, 5.41) is 2.87. The molecule has 9 heteroatoms. The van der Waals surface area contributed by atoms with Gasteiger partial charge in [-0.05, 0) is 47.9 Å². The Balaban J connectivity index is 1.38. The van der Waals surface area contributed by atoms with Crippen LogP contribution >= 0.6 is 0 Å². The predicted octanol–water partition coefficient (Wildman–Crippen LogP) is 4.04. The maximum Gasteiger partial charge on any atom is 0.416 e. The number of halogens is 3. The lowest BCUT2D eigenvalue weighted by atomic mass is 10.0. The van der Waals surface area contributed by atoms with Gasteiger partial charge >= 0.3 is 6.18 Å². The smallest absolute Gasteiger partial charge is 0.379 e. The lowest BCUT2D eigenvalue weighted by molar-refractivity contribution is -0.137. The summed E-state index contributed by atoms with van der Waals surface area (Å²) < 4.78 is 44.3. The number of hydrogen-bond donors (Lipinski definition) is 1. The molecular formula is C26H28F3N3O3. The number of amides is 2. The highest BCUT2D eigenvalue weighted by Gasteiger charge is 2.31. The molecule has 0 saturated carbocycles. The van der Waals surface area contributed by atoms with Gasteiger partial charge in [0, 0.05) is 44.4 Å². The predicted molar refractivity (Wildman–Crippen MR) is 127 cm³/mol. The Bertz CT molecular complexity index is 1050. The van der Waals surface area contributed by atoms with E-state index in [1.807, 2.05) is 24.3 Å². The van der Waals surface area contributed by atoms with Crippen molar-refractivity contribution in [2.24, 2.45) is 0 Å². The SMILES string of the molecule is O=C(/C=C/c1ccc(N2CCCC2=O)cc1)NCC(c1ccc(C(F)(F)F)cc1)N1CCOCC1. The number of nitrogens with one attached hydrogen (secondary N) is 1. The number of nitrogens with zero attached hydrogens (tertiary/aromatic N) is 2. The molecule has 2 aromatic rings. The van der Waals surface area contributed by atoms with E-state index >= 15 is 0 Å². The molecule has 0 spiro atoms. The Kier molecular flexibility index (Phi) is 7.87. The third-order valence-electron chi connectivity index (χ3n) is 6.28. The van der Waals surface area contributed by atoms with E-state index in [9.17, 15) is 22.8 Å². The third-order valence-corrected chi connectivity index (χ3v) is 6.28. The number of ether oxygens (including phenoxy) is 1. The Morgan fingerprint density at radius 2 is 1.71 bits per heavy atom. The molecule has 1 N–H and O–H groups in total. The van der Waals surface area contributed by atoms with E-state index in [0.29, 0.717) is 38.3 Å². The van der Waals surface area contributed by atoms with Gasteiger partial charge in [-0.2, -0.15) is 13.2 Å². The first-order valence-corrected chi connectivity index (χ1v) is 11.7. The van der Waals surface area contributed by atoms with Crippen LogP contribution < -0.4 is 10.2 Å². The van der Waals surface area contributed by atoms with Crippen LogP contribution in [0, 0.1) is 0 Å². The van der Waals surface area contributed by atoms with Gasteiger partial charge in [0.1, 0.15) is 0 Å². The lowest BCUT2D eigenvalue weighted by Crippen LogP contribution is -2.43. The average molecular weight is 488 g/mol. The Hall–Kier alpha value is -3.17. The van der Waals surface area contributed by atoms with E-state index in [-0.39, 0.29) is 24.4 Å². The van der Waals surface area contributed by atoms with Crippen molar-refractivity contribution in [2.45, 2.75) is 25.1 Å². The standard InChI is InChI=1S/C26H28F3N3O3/c27-26(28,29)21-8-6-20(7-9-21)23(31-14-16-35-17-15-31)18-30-24(33)12-5-19-3-10-22(11-4-19)32-13-1-2-25(32)34/h3-12,23H,1-2,13-18H2,(H,30,33)/b12-5+. The summed E-state index contributed by atoms with van der Waals surface area (Å²) >= 11 is 0. The molecule has 2 amide bonds. The summed E-state index contributed by atoms with van der Waals surface area (Å²) in [6, 6.07) is 12.2. The zero-order chi connectivity index (χ0) is 24.8. The molecule has 0 bridgehead atoms. The van der Waals surface area contributed by atoms with Crippen LogP contribution in [0.25, 0.3) is 6.08 Å². The van der Waals surface area contributed by atoms with Crippen molar-refractivity contribution in [3.8, 4) is 0 Å². The summed E-state index contributed by atoms with van der Waals surface area (Å²) in [5.74, 6) is -0.176. The first kappa shape index (κ1) is 24.9. The molecule has 1 unspecified atom stereocenters. The number of carbonyl (C=O) groups is 2. The van der Waals surface area contributed by atoms with Crippen LogP contribution in [0.5, 0.6) is 0 Å². The molecule has 186 valence electrons. The quantitative estimate of drug-likeness (QED) is 0.599. The average Bonchev–Trinajstić information content (AvgIpc) is 3.29. The molecule has 0 aliphatic carbocycles. The minimum Gasteiger partial charge on any atom is -0.379 e. The molecule has 2 aliphatic heterocycles. The zero-order valence-electron chi connectivity index (χ0n) is 19.3. The van der Waals surface area contributed by atoms with Gasteiger partial charge in [0.2, 0.25) is 11.8 Å². The highest BCUT2D eigenvalue weighted by Crippen LogP contribution is 2.31. The molecule has 2 saturated heterocycles. The molecule has 0 radical (unpaired) electrons. The van der Waals surface area contributed by atoms with E-state index < -0.39 is 11.7 Å². The first-order chi connectivity index (χ1) is 16.8. The van der Waals surface area contributed by atoms with E-state index in [1.54, 1.807) is 11.0 Å². The maximum atomic E-state index is 13.0. The van der Waals surface area contributed by atoms with Crippen LogP contribution in [0.4, 0.5) is 18.9 Å². The van der Waals surface area contributed by atoms with E-state index in [4.69, 9.17) is 4.74 Å². The summed E-state index contributed by atoms with van der Waals surface area (Å²) in [6.07, 6.45) is 0.151. The number of hydrogen-bond acceptors (Lipinski definition) is 4. The minimum absolute atomic E-state index is 0.121. The topological polar surface area (TPSA) is 61.9 Å². The normalized spacial score (nSPS) is 18.3. The second-order valence-corrected chi connectivity index (χ2v) is 8.60. The van der Waals surface area contributed by atoms with Gasteiger partial charge in [-0.15, -0.1) is 0 Å². The summed E-state index contributed by atoms with van der Waals surface area (Å²) in [5.41, 5.74) is 1.67. The number of rotatable bonds is 7. The van der Waals surface area contributed by atoms with Gasteiger partial charge in [-0.3, -0.25) is 14.5 Å². The third kappa shape index (κ3) is 6.49. The van der Waals surface area contributed by atoms with Crippen molar-refractivity contribution in [1.82, 2.24) is 10.2 Å². The molecule has 2 aromatic carbocycles. The molecule has 0 aromatic heterocycles. The van der Waals surface area contributed by atoms with Gasteiger partial charge in [0.25, 0.3) is 0 Å². The number of benzene rings is 2. The van der Waals surface area contributed by atoms with Crippen LogP contribution in [0.2, 0.25) is 0 Å². The largest absolute Gasteiger partial charge is 0.416 e. The van der Waals surface area contributed by atoms with Crippen LogP contribution in [-0.4, -0.2) is 56.1 Å².